The normalized spacial score (nSPS) is 10.1. The van der Waals surface area contributed by atoms with E-state index in [-0.39, 0.29) is 18.3 Å². The summed E-state index contributed by atoms with van der Waals surface area (Å²) in [5.41, 5.74) is 2.10. The molecule has 4 heteroatoms. The van der Waals surface area contributed by atoms with E-state index in [1.807, 2.05) is 18.2 Å². The van der Waals surface area contributed by atoms with Gasteiger partial charge in [0.25, 0.3) is 5.91 Å². The molecular weight excluding hydrogens is 254 g/mol. The monoisotopic (exact) mass is 271 g/mol. The number of aryl methyl sites for hydroxylation is 2. The van der Waals surface area contributed by atoms with E-state index in [1.54, 1.807) is 38.1 Å². The molecule has 0 aliphatic rings. The molecule has 0 aliphatic carbocycles. The van der Waals surface area contributed by atoms with Gasteiger partial charge in [-0.3, -0.25) is 4.79 Å². The molecule has 1 amide bonds. The molecule has 0 heterocycles. The number of ether oxygens (including phenoxy) is 1. The maximum absolute atomic E-state index is 11.8. The summed E-state index contributed by atoms with van der Waals surface area (Å²) in [5.74, 6) is 0.669. The molecule has 0 saturated carbocycles. The molecule has 20 heavy (non-hydrogen) atoms. The highest BCUT2D eigenvalue weighted by Gasteiger charge is 2.07. The molecule has 2 N–H and O–H groups in total. The fraction of sp³-hybridized carbons (Fsp3) is 0.188. The third kappa shape index (κ3) is 3.51. The van der Waals surface area contributed by atoms with E-state index < -0.39 is 0 Å². The van der Waals surface area contributed by atoms with Crippen LogP contribution in [0, 0.1) is 13.8 Å². The molecule has 0 unspecified atom stereocenters. The first-order chi connectivity index (χ1) is 9.56. The second-order valence-corrected chi connectivity index (χ2v) is 4.61. The Hall–Kier alpha value is -2.49. The number of phenols is 1. The van der Waals surface area contributed by atoms with Crippen LogP contribution in [0.25, 0.3) is 0 Å². The second kappa shape index (κ2) is 6.10. The van der Waals surface area contributed by atoms with Crippen LogP contribution in [-0.4, -0.2) is 17.6 Å². The average molecular weight is 271 g/mol. The van der Waals surface area contributed by atoms with Gasteiger partial charge < -0.3 is 15.2 Å². The van der Waals surface area contributed by atoms with Gasteiger partial charge in [-0.15, -0.1) is 0 Å². The number of anilines is 1. The van der Waals surface area contributed by atoms with E-state index in [0.29, 0.717) is 11.4 Å². The predicted octanol–water partition coefficient (Wildman–Crippen LogP) is 3.03. The van der Waals surface area contributed by atoms with Crippen molar-refractivity contribution in [2.45, 2.75) is 13.8 Å². The molecule has 2 aromatic carbocycles. The summed E-state index contributed by atoms with van der Waals surface area (Å²) in [6.07, 6.45) is 0. The number of carbonyl (C=O) groups is 1. The molecule has 0 saturated heterocycles. The first-order valence-corrected chi connectivity index (χ1v) is 6.34. The molecule has 0 spiro atoms. The van der Waals surface area contributed by atoms with Gasteiger partial charge in [0.15, 0.2) is 6.61 Å². The van der Waals surface area contributed by atoms with Gasteiger partial charge in [0.1, 0.15) is 11.5 Å². The number of rotatable bonds is 4. The number of nitrogens with one attached hydrogen (secondary N) is 1. The van der Waals surface area contributed by atoms with Crippen molar-refractivity contribution in [3.63, 3.8) is 0 Å². The van der Waals surface area contributed by atoms with Crippen molar-refractivity contribution in [3.8, 4) is 11.5 Å². The Morgan fingerprint density at radius 1 is 1.15 bits per heavy atom. The molecule has 0 fully saturated rings. The zero-order valence-corrected chi connectivity index (χ0v) is 11.5. The Morgan fingerprint density at radius 2 is 1.75 bits per heavy atom. The van der Waals surface area contributed by atoms with Crippen molar-refractivity contribution in [1.29, 1.82) is 0 Å². The average Bonchev–Trinajstić information content (AvgIpc) is 2.43. The Balaban J connectivity index is 1.95. The maximum Gasteiger partial charge on any atom is 0.262 e. The highest BCUT2D eigenvalue weighted by molar-refractivity contribution is 5.92. The lowest BCUT2D eigenvalue weighted by Gasteiger charge is -2.10. The van der Waals surface area contributed by atoms with Crippen LogP contribution in [-0.2, 0) is 4.79 Å². The van der Waals surface area contributed by atoms with Crippen molar-refractivity contribution in [2.24, 2.45) is 0 Å². The quantitative estimate of drug-likeness (QED) is 0.840. The third-order valence-electron chi connectivity index (χ3n) is 2.89. The van der Waals surface area contributed by atoms with Gasteiger partial charge >= 0.3 is 0 Å². The first-order valence-electron chi connectivity index (χ1n) is 6.34. The topological polar surface area (TPSA) is 58.6 Å². The smallest absolute Gasteiger partial charge is 0.262 e. The minimum atomic E-state index is -0.238. The zero-order valence-electron chi connectivity index (χ0n) is 11.5. The van der Waals surface area contributed by atoms with Crippen LogP contribution >= 0.6 is 0 Å². The minimum absolute atomic E-state index is 0.0526. The summed E-state index contributed by atoms with van der Waals surface area (Å²) in [4.78, 5) is 11.8. The fourth-order valence-corrected chi connectivity index (χ4v) is 1.89. The van der Waals surface area contributed by atoms with Gasteiger partial charge in [-0.1, -0.05) is 18.2 Å². The summed E-state index contributed by atoms with van der Waals surface area (Å²) in [7, 11) is 0. The third-order valence-corrected chi connectivity index (χ3v) is 2.89. The van der Waals surface area contributed by atoms with Crippen molar-refractivity contribution in [3.05, 3.63) is 53.6 Å². The highest BCUT2D eigenvalue weighted by atomic mass is 16.5. The SMILES string of the molecule is Cc1cc(NC(=O)COc2ccccc2)cc(C)c1O. The molecule has 0 aromatic heterocycles. The maximum atomic E-state index is 11.8. The molecule has 0 bridgehead atoms. The van der Waals surface area contributed by atoms with Crippen LogP contribution in [0.15, 0.2) is 42.5 Å². The van der Waals surface area contributed by atoms with Gasteiger partial charge in [-0.2, -0.15) is 0 Å². The molecule has 4 nitrogen and oxygen atoms in total. The summed E-state index contributed by atoms with van der Waals surface area (Å²) in [5, 5.41) is 12.4. The number of amides is 1. The molecule has 0 aliphatic heterocycles. The molecule has 0 radical (unpaired) electrons. The highest BCUT2D eigenvalue weighted by Crippen LogP contribution is 2.25. The van der Waals surface area contributed by atoms with E-state index in [0.717, 1.165) is 11.1 Å². The van der Waals surface area contributed by atoms with Gasteiger partial charge in [0.2, 0.25) is 0 Å². The van der Waals surface area contributed by atoms with E-state index in [4.69, 9.17) is 4.74 Å². The molecular formula is C16H17NO3. The van der Waals surface area contributed by atoms with Crippen LogP contribution in [0.3, 0.4) is 0 Å². The Bertz CT molecular complexity index is 585. The minimum Gasteiger partial charge on any atom is -0.507 e. The number of para-hydroxylation sites is 1. The van der Waals surface area contributed by atoms with E-state index in [2.05, 4.69) is 5.32 Å². The zero-order chi connectivity index (χ0) is 14.5. The summed E-state index contributed by atoms with van der Waals surface area (Å²) in [6.45, 7) is 3.53. The number of hydrogen-bond acceptors (Lipinski definition) is 3. The van der Waals surface area contributed by atoms with Crippen LogP contribution in [0.5, 0.6) is 11.5 Å². The Kier molecular flexibility index (Phi) is 4.25. The Labute approximate surface area is 118 Å². The van der Waals surface area contributed by atoms with Gasteiger partial charge in [0, 0.05) is 5.69 Å². The lowest BCUT2D eigenvalue weighted by Crippen LogP contribution is -2.20. The second-order valence-electron chi connectivity index (χ2n) is 4.61. The number of phenolic OH excluding ortho intramolecular Hbond substituents is 1. The number of carbonyl (C=O) groups excluding carboxylic acids is 1. The lowest BCUT2D eigenvalue weighted by molar-refractivity contribution is -0.118. The first kappa shape index (κ1) is 13.9. The van der Waals surface area contributed by atoms with E-state index in [1.165, 1.54) is 0 Å². The van der Waals surface area contributed by atoms with E-state index >= 15 is 0 Å². The van der Waals surface area contributed by atoms with Gasteiger partial charge in [-0.25, -0.2) is 0 Å². The van der Waals surface area contributed by atoms with Crippen molar-refractivity contribution < 1.29 is 14.6 Å². The summed E-state index contributed by atoms with van der Waals surface area (Å²) in [6, 6.07) is 12.6. The summed E-state index contributed by atoms with van der Waals surface area (Å²) < 4.78 is 5.36. The summed E-state index contributed by atoms with van der Waals surface area (Å²) >= 11 is 0. The number of hydrogen-bond donors (Lipinski definition) is 2. The van der Waals surface area contributed by atoms with Crippen LogP contribution in [0.2, 0.25) is 0 Å². The van der Waals surface area contributed by atoms with Crippen LogP contribution < -0.4 is 10.1 Å². The number of benzene rings is 2. The fourth-order valence-electron chi connectivity index (χ4n) is 1.89. The lowest BCUT2D eigenvalue weighted by atomic mass is 10.1. The van der Waals surface area contributed by atoms with Crippen LogP contribution in [0.4, 0.5) is 5.69 Å². The largest absolute Gasteiger partial charge is 0.507 e. The molecule has 2 aromatic rings. The predicted molar refractivity (Wildman–Crippen MR) is 78.1 cm³/mol. The number of aromatic hydroxyl groups is 1. The Morgan fingerprint density at radius 3 is 2.35 bits per heavy atom. The van der Waals surface area contributed by atoms with Crippen molar-refractivity contribution in [2.75, 3.05) is 11.9 Å². The van der Waals surface area contributed by atoms with E-state index in [9.17, 15) is 9.90 Å². The van der Waals surface area contributed by atoms with Gasteiger partial charge in [-0.05, 0) is 49.2 Å². The molecule has 2 rings (SSSR count). The molecule has 0 atom stereocenters. The molecule has 104 valence electrons. The van der Waals surface area contributed by atoms with Gasteiger partial charge in [0.05, 0.1) is 0 Å². The van der Waals surface area contributed by atoms with Crippen LogP contribution in [0.1, 0.15) is 11.1 Å². The van der Waals surface area contributed by atoms with Crippen molar-refractivity contribution in [1.82, 2.24) is 0 Å². The van der Waals surface area contributed by atoms with Crippen molar-refractivity contribution >= 4 is 11.6 Å². The standard InChI is InChI=1S/C16H17NO3/c1-11-8-13(9-12(2)16(11)19)17-15(18)10-20-14-6-4-3-5-7-14/h3-9,19H,10H2,1-2H3,(H,17,18).